The predicted octanol–water partition coefficient (Wildman–Crippen LogP) is 26.9. The lowest BCUT2D eigenvalue weighted by atomic mass is 9.90. The van der Waals surface area contributed by atoms with Crippen LogP contribution in [-0.4, -0.2) is 29.9 Å². The zero-order valence-corrected chi connectivity index (χ0v) is 58.6. The van der Waals surface area contributed by atoms with Gasteiger partial charge in [0.1, 0.15) is 0 Å². The standard InChI is InChI=1S/C98H58N6S2/c1-2-21-64-53-69(49-42-59(64)19-1)75-27-7-9-32-83(75)95-99-93(100-97(103-95)85-37-17-35-81-79-30-11-13-39-89(79)105-91(81)85)63-46-44-62(45-47-63)87-58-68-22-4-6-29-77(68)88-57-66(51-52-78(87)88)65-48-41-60-43-50-70(56-72(60)54-65)76-28-8-10-33-84(76)96-101-94(71-25-15-24-67(55-71)74-34-16-23-61-20-3-5-26-73(61)74)102-98(104-96)86-38-18-36-82-80-31-12-14-40-90(80)106-92(82)86/h1-58H. The zero-order chi connectivity index (χ0) is 69.8. The van der Waals surface area contributed by atoms with Crippen molar-refractivity contribution in [2.75, 3.05) is 0 Å². The Hall–Kier alpha value is -13.5. The zero-order valence-electron chi connectivity index (χ0n) is 57.0. The molecule has 0 radical (unpaired) electrons. The molecule has 0 aliphatic carbocycles. The molecule has 17 aromatic carbocycles. The minimum Gasteiger partial charge on any atom is -0.208 e. The van der Waals surface area contributed by atoms with E-state index in [4.69, 9.17) is 29.9 Å². The molecule has 6 nitrogen and oxygen atoms in total. The first kappa shape index (κ1) is 61.2. The van der Waals surface area contributed by atoms with Crippen LogP contribution in [0.3, 0.4) is 0 Å². The first-order valence-electron chi connectivity index (χ1n) is 35.7. The smallest absolute Gasteiger partial charge is 0.165 e. The number of hydrogen-bond acceptors (Lipinski definition) is 8. The predicted molar refractivity (Wildman–Crippen MR) is 446 cm³/mol. The van der Waals surface area contributed by atoms with Crippen LogP contribution in [0.4, 0.5) is 0 Å². The summed E-state index contributed by atoms with van der Waals surface area (Å²) in [5.41, 5.74) is 16.7. The fraction of sp³-hybridized carbons (Fsp3) is 0. The SMILES string of the molecule is c1cc(-c2nc(-c3ccccc3-c3ccc4ccc(-c5ccc6c(-c7ccc(-c8nc(-c9ccccc9-c9ccc%10ccccc%10c9)nc(-c9cccc%10c9sc9ccccc9%10)n8)cc7)cc7ccccc7c6c5)cc4c3)nc(-c3cccc4c3sc3ccccc34)n2)cc(-c2cccc3ccccc23)c1. The van der Waals surface area contributed by atoms with E-state index in [0.717, 1.165) is 109 Å². The van der Waals surface area contributed by atoms with Crippen LogP contribution in [0.15, 0.2) is 352 Å². The summed E-state index contributed by atoms with van der Waals surface area (Å²) in [4.78, 5) is 32.5. The highest BCUT2D eigenvalue weighted by Gasteiger charge is 2.23. The molecule has 0 atom stereocenters. The van der Waals surface area contributed by atoms with Gasteiger partial charge in [-0.3, -0.25) is 0 Å². The Morgan fingerprint density at radius 1 is 0.151 bits per heavy atom. The summed E-state index contributed by atoms with van der Waals surface area (Å²) in [6, 6.07) is 127. The fourth-order valence-corrected chi connectivity index (χ4v) is 18.2. The maximum atomic E-state index is 5.46. The molecule has 21 rings (SSSR count). The van der Waals surface area contributed by atoms with Crippen molar-refractivity contribution in [1.29, 1.82) is 0 Å². The van der Waals surface area contributed by atoms with Gasteiger partial charge >= 0.3 is 0 Å². The lowest BCUT2D eigenvalue weighted by Crippen LogP contribution is -2.01. The van der Waals surface area contributed by atoms with E-state index < -0.39 is 0 Å². The molecular weight excluding hydrogens is 1330 g/mol. The first-order chi connectivity index (χ1) is 52.5. The highest BCUT2D eigenvalue weighted by atomic mass is 32.1. The third-order valence-electron chi connectivity index (χ3n) is 21.0. The maximum Gasteiger partial charge on any atom is 0.165 e. The van der Waals surface area contributed by atoms with Crippen LogP contribution in [0, 0.1) is 0 Å². The molecule has 492 valence electrons. The number of fused-ring (bicyclic) bond motifs is 12. The van der Waals surface area contributed by atoms with E-state index >= 15 is 0 Å². The molecule has 21 aromatic rings. The summed E-state index contributed by atoms with van der Waals surface area (Å²) in [6.45, 7) is 0. The average molecular weight is 1380 g/mol. The Labute approximate surface area is 618 Å². The molecule has 8 heteroatoms. The van der Waals surface area contributed by atoms with Gasteiger partial charge in [-0.05, 0) is 170 Å². The summed E-state index contributed by atoms with van der Waals surface area (Å²) < 4.78 is 4.76. The van der Waals surface area contributed by atoms with Crippen molar-refractivity contribution in [3.05, 3.63) is 352 Å². The molecule has 4 aromatic heterocycles. The molecule has 0 unspecified atom stereocenters. The van der Waals surface area contributed by atoms with Crippen molar-refractivity contribution in [1.82, 2.24) is 29.9 Å². The number of hydrogen-bond donors (Lipinski definition) is 0. The Morgan fingerprint density at radius 3 is 1.19 bits per heavy atom. The second kappa shape index (κ2) is 25.2. The molecule has 0 amide bonds. The quantitative estimate of drug-likeness (QED) is 0.120. The molecule has 0 fully saturated rings. The summed E-state index contributed by atoms with van der Waals surface area (Å²) in [7, 11) is 0. The van der Waals surface area contributed by atoms with E-state index in [9.17, 15) is 0 Å². The second-order valence-electron chi connectivity index (χ2n) is 27.2. The van der Waals surface area contributed by atoms with Crippen LogP contribution in [-0.2, 0) is 0 Å². The van der Waals surface area contributed by atoms with E-state index in [1.807, 2.05) is 0 Å². The van der Waals surface area contributed by atoms with Gasteiger partial charge in [0.05, 0.1) is 0 Å². The number of rotatable bonds is 11. The monoisotopic (exact) mass is 1380 g/mol. The number of benzene rings is 17. The van der Waals surface area contributed by atoms with E-state index in [-0.39, 0.29) is 0 Å². The lowest BCUT2D eigenvalue weighted by Gasteiger charge is -2.15. The van der Waals surface area contributed by atoms with Crippen molar-refractivity contribution in [3.8, 4) is 124 Å². The maximum absolute atomic E-state index is 5.46. The Kier molecular flexibility index (Phi) is 14.5. The Morgan fingerprint density at radius 2 is 0.538 bits per heavy atom. The van der Waals surface area contributed by atoms with Gasteiger partial charge in [-0.15, -0.1) is 22.7 Å². The van der Waals surface area contributed by atoms with Crippen molar-refractivity contribution < 1.29 is 0 Å². The summed E-state index contributed by atoms with van der Waals surface area (Å²) in [6.07, 6.45) is 0. The molecule has 0 spiro atoms. The van der Waals surface area contributed by atoms with Crippen molar-refractivity contribution in [2.45, 2.75) is 0 Å². The minimum absolute atomic E-state index is 0.607. The number of nitrogens with zero attached hydrogens (tertiary/aromatic N) is 6. The van der Waals surface area contributed by atoms with Crippen LogP contribution in [0.5, 0.6) is 0 Å². The van der Waals surface area contributed by atoms with Gasteiger partial charge in [0.25, 0.3) is 0 Å². The highest BCUT2D eigenvalue weighted by Crippen LogP contribution is 2.46. The molecule has 0 aliphatic rings. The molecular formula is C98H58N6S2. The van der Waals surface area contributed by atoms with Gasteiger partial charge in [0.2, 0.25) is 0 Å². The molecule has 0 saturated carbocycles. The summed E-state index contributed by atoms with van der Waals surface area (Å²) in [5, 5.41) is 16.6. The van der Waals surface area contributed by atoms with Crippen molar-refractivity contribution >= 4 is 117 Å². The normalized spacial score (nSPS) is 11.8. The van der Waals surface area contributed by atoms with E-state index in [1.165, 1.54) is 74.0 Å². The van der Waals surface area contributed by atoms with Gasteiger partial charge in [0, 0.05) is 73.7 Å². The summed E-state index contributed by atoms with van der Waals surface area (Å²) >= 11 is 3.56. The van der Waals surface area contributed by atoms with Gasteiger partial charge < -0.3 is 0 Å². The van der Waals surface area contributed by atoms with Gasteiger partial charge in [-0.25, -0.2) is 29.9 Å². The summed E-state index contributed by atoms with van der Waals surface area (Å²) in [5.74, 6) is 3.71. The first-order valence-corrected chi connectivity index (χ1v) is 37.3. The van der Waals surface area contributed by atoms with Gasteiger partial charge in [0.15, 0.2) is 34.9 Å². The van der Waals surface area contributed by atoms with Gasteiger partial charge in [-0.2, -0.15) is 0 Å². The van der Waals surface area contributed by atoms with Crippen LogP contribution in [0.25, 0.3) is 218 Å². The van der Waals surface area contributed by atoms with Crippen molar-refractivity contribution in [2.24, 2.45) is 0 Å². The highest BCUT2D eigenvalue weighted by molar-refractivity contribution is 7.26. The number of thiophene rings is 2. The van der Waals surface area contributed by atoms with E-state index in [2.05, 4.69) is 352 Å². The molecule has 0 N–H and O–H groups in total. The third-order valence-corrected chi connectivity index (χ3v) is 23.4. The molecule has 0 aliphatic heterocycles. The van der Waals surface area contributed by atoms with Crippen molar-refractivity contribution in [3.63, 3.8) is 0 Å². The minimum atomic E-state index is 0.607. The van der Waals surface area contributed by atoms with Crippen LogP contribution < -0.4 is 0 Å². The van der Waals surface area contributed by atoms with E-state index in [0.29, 0.717) is 34.9 Å². The average Bonchev–Trinajstić information content (AvgIpc) is 1.73. The second-order valence-corrected chi connectivity index (χ2v) is 29.3. The molecule has 4 heterocycles. The van der Waals surface area contributed by atoms with E-state index in [1.54, 1.807) is 22.7 Å². The Bertz CT molecular complexity index is 7170. The largest absolute Gasteiger partial charge is 0.208 e. The van der Waals surface area contributed by atoms with Crippen LogP contribution >= 0.6 is 22.7 Å². The Balaban J connectivity index is 0.647. The topological polar surface area (TPSA) is 77.3 Å². The number of aromatic nitrogens is 6. The van der Waals surface area contributed by atoms with Gasteiger partial charge in [-0.1, -0.05) is 291 Å². The molecule has 106 heavy (non-hydrogen) atoms. The molecule has 0 saturated heterocycles. The van der Waals surface area contributed by atoms with Crippen LogP contribution in [0.1, 0.15) is 0 Å². The molecule has 0 bridgehead atoms. The third kappa shape index (κ3) is 10.6. The lowest BCUT2D eigenvalue weighted by molar-refractivity contribution is 1.08. The van der Waals surface area contributed by atoms with Crippen LogP contribution in [0.2, 0.25) is 0 Å². The fourth-order valence-electron chi connectivity index (χ4n) is 15.8.